The molecule has 0 spiro atoms. The van der Waals surface area contributed by atoms with E-state index in [4.69, 9.17) is 9.47 Å². The third-order valence-corrected chi connectivity index (χ3v) is 7.12. The number of benzene rings is 2. The Labute approximate surface area is 231 Å². The van der Waals surface area contributed by atoms with Crippen molar-refractivity contribution in [1.82, 2.24) is 34.4 Å². The van der Waals surface area contributed by atoms with Gasteiger partial charge in [-0.2, -0.15) is 4.98 Å². The molecule has 1 N–H and O–H groups in total. The molecule has 1 fully saturated rings. The van der Waals surface area contributed by atoms with Crippen LogP contribution in [0.1, 0.15) is 26.3 Å². The predicted octanol–water partition coefficient (Wildman–Crippen LogP) is 5.35. The minimum atomic E-state index is -1.13. The fourth-order valence-electron chi connectivity index (χ4n) is 4.80. The maximum atomic E-state index is 14.7. The van der Waals surface area contributed by atoms with E-state index in [1.54, 1.807) is 12.5 Å². The predicted molar refractivity (Wildman–Crippen MR) is 151 cm³/mol. The first-order chi connectivity index (χ1) is 19.1. The first-order valence-corrected chi connectivity index (χ1v) is 13.1. The van der Waals surface area contributed by atoms with Gasteiger partial charge < -0.3 is 19.4 Å². The highest BCUT2D eigenvalue weighted by molar-refractivity contribution is 5.86. The molecule has 5 aromatic rings. The monoisotopic (exact) mass is 542 g/mol. The fraction of sp³-hybridized carbons (Fsp3) is 0.345. The molecule has 0 unspecified atom stereocenters. The fourth-order valence-corrected chi connectivity index (χ4v) is 4.80. The van der Waals surface area contributed by atoms with Crippen molar-refractivity contribution >= 4 is 33.6 Å². The number of halogens is 1. The molecule has 4 heterocycles. The number of nitrogens with zero attached hydrogens (tertiary/aromatic N) is 7. The lowest BCUT2D eigenvalue weighted by molar-refractivity contribution is 0.120. The van der Waals surface area contributed by atoms with E-state index in [0.717, 1.165) is 28.0 Å². The summed E-state index contributed by atoms with van der Waals surface area (Å²) in [6.45, 7) is 8.93. The Balaban J connectivity index is 1.20. The smallest absolute Gasteiger partial charge is 0.317 e. The van der Waals surface area contributed by atoms with E-state index in [1.165, 1.54) is 6.33 Å². The lowest BCUT2D eigenvalue weighted by atomic mass is 10.1. The number of hydrogen-bond donors (Lipinski definition) is 1. The highest BCUT2D eigenvalue weighted by atomic mass is 19.1. The molecule has 6 rings (SSSR count). The number of hydrogen-bond acceptors (Lipinski definition) is 9. The van der Waals surface area contributed by atoms with E-state index in [-0.39, 0.29) is 11.5 Å². The SMILES string of the molecule is Cc1cc(Nc2ncnc3cnc(O[C@@H]4CN(C(C)(C)C)C[C@@H]4F)nc23)ccc1Oc1ccc2c(c1)ncn2C. The van der Waals surface area contributed by atoms with Crippen molar-refractivity contribution < 1.29 is 13.9 Å². The zero-order valence-electron chi connectivity index (χ0n) is 23.1. The van der Waals surface area contributed by atoms with Crippen molar-refractivity contribution in [3.63, 3.8) is 0 Å². The van der Waals surface area contributed by atoms with Gasteiger partial charge in [0.15, 0.2) is 12.0 Å². The number of aromatic nitrogens is 6. The summed E-state index contributed by atoms with van der Waals surface area (Å²) in [7, 11) is 1.96. The molecule has 0 saturated carbocycles. The molecule has 2 aromatic carbocycles. The van der Waals surface area contributed by atoms with Crippen LogP contribution in [0.2, 0.25) is 0 Å². The van der Waals surface area contributed by atoms with Crippen LogP contribution in [-0.4, -0.2) is 65.3 Å². The van der Waals surface area contributed by atoms with Crippen LogP contribution in [0.4, 0.5) is 15.9 Å². The molecule has 0 aliphatic carbocycles. The summed E-state index contributed by atoms with van der Waals surface area (Å²) in [5.74, 6) is 1.93. The largest absolute Gasteiger partial charge is 0.457 e. The summed E-state index contributed by atoms with van der Waals surface area (Å²) < 4.78 is 28.8. The van der Waals surface area contributed by atoms with Crippen LogP contribution in [0.5, 0.6) is 17.5 Å². The summed E-state index contributed by atoms with van der Waals surface area (Å²) in [6.07, 6.45) is 3.02. The average molecular weight is 543 g/mol. The molecule has 10 nitrogen and oxygen atoms in total. The molecular weight excluding hydrogens is 511 g/mol. The Morgan fingerprint density at radius 1 is 1.00 bits per heavy atom. The number of imidazole rings is 1. The number of nitrogens with one attached hydrogen (secondary N) is 1. The molecule has 1 aliphatic rings. The van der Waals surface area contributed by atoms with E-state index < -0.39 is 12.3 Å². The lowest BCUT2D eigenvalue weighted by Gasteiger charge is -2.31. The maximum Gasteiger partial charge on any atom is 0.317 e. The van der Waals surface area contributed by atoms with E-state index in [9.17, 15) is 4.39 Å². The number of aryl methyl sites for hydroxylation is 2. The van der Waals surface area contributed by atoms with Crippen LogP contribution in [-0.2, 0) is 7.05 Å². The number of alkyl halides is 1. The Morgan fingerprint density at radius 3 is 2.62 bits per heavy atom. The topological polar surface area (TPSA) is 103 Å². The highest BCUT2D eigenvalue weighted by Gasteiger charge is 2.39. The molecular formula is C29H31FN8O2. The zero-order chi connectivity index (χ0) is 28.0. The number of likely N-dealkylation sites (tertiary alicyclic amines) is 1. The van der Waals surface area contributed by atoms with Crippen LogP contribution >= 0.6 is 0 Å². The molecule has 0 amide bonds. The van der Waals surface area contributed by atoms with Crippen LogP contribution in [0, 0.1) is 6.92 Å². The van der Waals surface area contributed by atoms with Gasteiger partial charge in [0.25, 0.3) is 0 Å². The van der Waals surface area contributed by atoms with Gasteiger partial charge in [-0.3, -0.25) is 4.90 Å². The zero-order valence-corrected chi connectivity index (χ0v) is 23.1. The summed E-state index contributed by atoms with van der Waals surface area (Å²) in [4.78, 5) is 23.9. The summed E-state index contributed by atoms with van der Waals surface area (Å²) in [6, 6.07) is 11.7. The van der Waals surface area contributed by atoms with Crippen LogP contribution in [0.15, 0.2) is 55.2 Å². The Hall–Kier alpha value is -4.38. The van der Waals surface area contributed by atoms with Crippen LogP contribution < -0.4 is 14.8 Å². The van der Waals surface area contributed by atoms with Gasteiger partial charge in [-0.25, -0.2) is 24.3 Å². The van der Waals surface area contributed by atoms with Crippen LogP contribution in [0.25, 0.3) is 22.1 Å². The molecule has 1 aliphatic heterocycles. The van der Waals surface area contributed by atoms with Gasteiger partial charge in [-0.1, -0.05) is 0 Å². The minimum Gasteiger partial charge on any atom is -0.457 e. The molecule has 206 valence electrons. The van der Waals surface area contributed by atoms with E-state index in [0.29, 0.717) is 35.7 Å². The van der Waals surface area contributed by atoms with Gasteiger partial charge in [-0.05, 0) is 63.6 Å². The van der Waals surface area contributed by atoms with E-state index >= 15 is 0 Å². The summed E-state index contributed by atoms with van der Waals surface area (Å²) in [5.41, 5.74) is 4.52. The second kappa shape index (κ2) is 9.98. The van der Waals surface area contributed by atoms with Crippen molar-refractivity contribution in [3.05, 3.63) is 60.8 Å². The Morgan fingerprint density at radius 2 is 1.85 bits per heavy atom. The van der Waals surface area contributed by atoms with Crippen molar-refractivity contribution in [3.8, 4) is 17.5 Å². The lowest BCUT2D eigenvalue weighted by Crippen LogP contribution is -2.40. The molecule has 0 bridgehead atoms. The maximum absolute atomic E-state index is 14.7. The third-order valence-electron chi connectivity index (χ3n) is 7.12. The summed E-state index contributed by atoms with van der Waals surface area (Å²) >= 11 is 0. The Bertz CT molecular complexity index is 1700. The standard InChI is InChI=1S/C29H31FN8O2/c1-17-10-18(6-9-24(17)39-19-7-8-23-21(11-19)34-16-37(23)5)35-27-26-22(32-15-33-27)12-31-28(36-26)40-25-14-38(13-20(25)30)29(2,3)4/h6-12,15-16,20,25H,13-14H2,1-5H3,(H,32,33,35)/t20-,25+/m0/s1. The van der Waals surface area contributed by atoms with Crippen molar-refractivity contribution in [2.24, 2.45) is 7.05 Å². The van der Waals surface area contributed by atoms with E-state index in [1.807, 2.05) is 54.9 Å². The molecule has 11 heteroatoms. The van der Waals surface area contributed by atoms with Gasteiger partial charge in [0.05, 0.1) is 23.6 Å². The second-order valence-electron chi connectivity index (χ2n) is 11.1. The minimum absolute atomic E-state index is 0.0959. The molecule has 0 radical (unpaired) electrons. The first-order valence-electron chi connectivity index (χ1n) is 13.1. The molecule has 2 atom stereocenters. The highest BCUT2D eigenvalue weighted by Crippen LogP contribution is 2.31. The van der Waals surface area contributed by atoms with Gasteiger partial charge in [0.2, 0.25) is 0 Å². The van der Waals surface area contributed by atoms with Crippen molar-refractivity contribution in [1.29, 1.82) is 0 Å². The summed E-state index contributed by atoms with van der Waals surface area (Å²) in [5, 5.41) is 3.31. The van der Waals surface area contributed by atoms with Gasteiger partial charge in [0.1, 0.15) is 35.0 Å². The Kier molecular flexibility index (Phi) is 6.46. The van der Waals surface area contributed by atoms with Gasteiger partial charge >= 0.3 is 6.01 Å². The van der Waals surface area contributed by atoms with E-state index in [2.05, 4.69) is 55.9 Å². The number of ether oxygens (including phenoxy) is 2. The quantitative estimate of drug-likeness (QED) is 0.304. The number of fused-ring (bicyclic) bond motifs is 2. The normalized spacial score (nSPS) is 17.9. The van der Waals surface area contributed by atoms with Crippen LogP contribution in [0.3, 0.4) is 0 Å². The molecule has 1 saturated heterocycles. The molecule has 40 heavy (non-hydrogen) atoms. The average Bonchev–Trinajstić information content (AvgIpc) is 3.48. The van der Waals surface area contributed by atoms with Gasteiger partial charge in [-0.15, -0.1) is 0 Å². The molecule has 3 aromatic heterocycles. The van der Waals surface area contributed by atoms with Crippen molar-refractivity contribution in [2.45, 2.75) is 45.5 Å². The first kappa shape index (κ1) is 25.9. The second-order valence-corrected chi connectivity index (χ2v) is 11.1. The van der Waals surface area contributed by atoms with Crippen molar-refractivity contribution in [2.75, 3.05) is 18.4 Å². The number of rotatable bonds is 6. The number of anilines is 2. The van der Waals surface area contributed by atoms with Gasteiger partial charge in [0, 0.05) is 37.4 Å². The third kappa shape index (κ3) is 5.12.